The van der Waals surface area contributed by atoms with Gasteiger partial charge in [-0.3, -0.25) is 9.29 Å². The van der Waals surface area contributed by atoms with Crippen molar-refractivity contribution in [3.8, 4) is 34.8 Å². The van der Waals surface area contributed by atoms with Gasteiger partial charge in [0.05, 0.1) is 19.8 Å². The first-order chi connectivity index (χ1) is 18.0. The van der Waals surface area contributed by atoms with Crippen LogP contribution in [0.25, 0.3) is 17.3 Å². The number of para-hydroxylation sites is 1. The van der Waals surface area contributed by atoms with Gasteiger partial charge < -0.3 is 13.9 Å². The van der Waals surface area contributed by atoms with Crippen LogP contribution in [0.5, 0.6) is 11.5 Å². The summed E-state index contributed by atoms with van der Waals surface area (Å²) < 4.78 is 63.2. The van der Waals surface area contributed by atoms with Gasteiger partial charge in [0.25, 0.3) is 0 Å². The molecule has 0 fully saturated rings. The average Bonchev–Trinajstić information content (AvgIpc) is 3.52. The standard InChI is InChI=1S/C24H24FN7O5S/c1-14-9-10-19(37-14)21-29-30-23(32(21)20-17(35-4)7-6-8-18(20)36-5)31-38(33,34)15(2)24(3,25)22-27-12-16(11-26)13-28-22/h6-10,12-13,15H,1-5H3,(H,30,31). The van der Waals surface area contributed by atoms with Crippen LogP contribution in [0.1, 0.15) is 31.0 Å². The number of sulfonamides is 1. The molecule has 12 nitrogen and oxygen atoms in total. The van der Waals surface area contributed by atoms with Crippen LogP contribution >= 0.6 is 0 Å². The number of aryl methyl sites for hydroxylation is 1. The number of alkyl halides is 1. The van der Waals surface area contributed by atoms with Crippen molar-refractivity contribution in [1.29, 1.82) is 5.26 Å². The molecule has 0 aliphatic heterocycles. The second kappa shape index (κ2) is 10.1. The number of nitrogens with one attached hydrogen (secondary N) is 1. The Balaban J connectivity index is 1.83. The van der Waals surface area contributed by atoms with E-state index in [9.17, 15) is 8.42 Å². The lowest BCUT2D eigenvalue weighted by Gasteiger charge is -2.26. The van der Waals surface area contributed by atoms with E-state index < -0.39 is 26.8 Å². The molecule has 0 radical (unpaired) electrons. The maximum absolute atomic E-state index is 15.9. The van der Waals surface area contributed by atoms with E-state index in [1.54, 1.807) is 37.3 Å². The molecule has 0 bridgehead atoms. The number of hydrogen-bond donors (Lipinski definition) is 1. The minimum Gasteiger partial charge on any atom is -0.494 e. The van der Waals surface area contributed by atoms with Crippen LogP contribution in [0.15, 0.2) is 47.1 Å². The molecule has 1 aromatic carbocycles. The van der Waals surface area contributed by atoms with Gasteiger partial charge in [-0.05, 0) is 45.0 Å². The minimum absolute atomic E-state index is 0.109. The fourth-order valence-electron chi connectivity index (χ4n) is 3.66. The number of ether oxygens (including phenoxy) is 2. The fourth-order valence-corrected chi connectivity index (χ4v) is 4.91. The summed E-state index contributed by atoms with van der Waals surface area (Å²) >= 11 is 0. The first-order valence-electron chi connectivity index (χ1n) is 11.2. The van der Waals surface area contributed by atoms with Gasteiger partial charge >= 0.3 is 0 Å². The van der Waals surface area contributed by atoms with Crippen LogP contribution in [0.4, 0.5) is 10.3 Å². The molecule has 0 saturated carbocycles. The Bertz CT molecular complexity index is 1590. The molecular formula is C24H24FN7O5S. The number of hydrogen-bond acceptors (Lipinski definition) is 10. The number of nitriles is 1. The lowest BCUT2D eigenvalue weighted by molar-refractivity contribution is 0.175. The normalized spacial score (nSPS) is 13.8. The van der Waals surface area contributed by atoms with Gasteiger partial charge in [0.2, 0.25) is 21.8 Å². The summed E-state index contributed by atoms with van der Waals surface area (Å²) in [6, 6.07) is 10.2. The van der Waals surface area contributed by atoms with E-state index in [1.807, 2.05) is 6.07 Å². The van der Waals surface area contributed by atoms with Gasteiger partial charge in [0, 0.05) is 12.4 Å². The van der Waals surface area contributed by atoms with Crippen molar-refractivity contribution in [3.05, 3.63) is 59.9 Å². The van der Waals surface area contributed by atoms with Gasteiger partial charge in [0.15, 0.2) is 17.3 Å². The molecular weight excluding hydrogens is 517 g/mol. The largest absolute Gasteiger partial charge is 0.494 e. The third-order valence-electron chi connectivity index (χ3n) is 5.93. The van der Waals surface area contributed by atoms with Crippen molar-refractivity contribution in [1.82, 2.24) is 24.7 Å². The fraction of sp³-hybridized carbons (Fsp3) is 0.292. The lowest BCUT2D eigenvalue weighted by atomic mass is 10.0. The van der Waals surface area contributed by atoms with Crippen LogP contribution in [0.2, 0.25) is 0 Å². The Morgan fingerprint density at radius 3 is 2.29 bits per heavy atom. The van der Waals surface area contributed by atoms with Crippen molar-refractivity contribution in [2.45, 2.75) is 31.7 Å². The maximum Gasteiger partial charge on any atom is 0.243 e. The molecule has 14 heteroatoms. The van der Waals surface area contributed by atoms with E-state index in [0.29, 0.717) is 23.0 Å². The second-order valence-electron chi connectivity index (χ2n) is 8.38. The van der Waals surface area contributed by atoms with E-state index in [1.165, 1.54) is 25.7 Å². The van der Waals surface area contributed by atoms with Crippen LogP contribution in [-0.4, -0.2) is 52.6 Å². The van der Waals surface area contributed by atoms with Crippen LogP contribution < -0.4 is 14.2 Å². The van der Waals surface area contributed by atoms with E-state index >= 15 is 4.39 Å². The quantitative estimate of drug-likeness (QED) is 0.332. The van der Waals surface area contributed by atoms with Crippen LogP contribution in [0.3, 0.4) is 0 Å². The molecule has 2 unspecified atom stereocenters. The van der Waals surface area contributed by atoms with Crippen molar-refractivity contribution in [2.24, 2.45) is 0 Å². The molecule has 0 aliphatic rings. The number of halogens is 1. The molecule has 0 spiro atoms. The molecule has 38 heavy (non-hydrogen) atoms. The van der Waals surface area contributed by atoms with E-state index in [4.69, 9.17) is 19.2 Å². The van der Waals surface area contributed by atoms with E-state index in [2.05, 4.69) is 24.9 Å². The van der Waals surface area contributed by atoms with E-state index in [0.717, 1.165) is 19.3 Å². The number of aromatic nitrogens is 5. The molecule has 3 heterocycles. The summed E-state index contributed by atoms with van der Waals surface area (Å²) in [4.78, 5) is 7.68. The molecule has 0 aliphatic carbocycles. The summed E-state index contributed by atoms with van der Waals surface area (Å²) in [6.07, 6.45) is 2.24. The number of rotatable bonds is 9. The molecule has 1 N–H and O–H groups in total. The van der Waals surface area contributed by atoms with Crippen LogP contribution in [0, 0.1) is 18.3 Å². The average molecular weight is 542 g/mol. The second-order valence-corrected chi connectivity index (χ2v) is 10.4. The number of anilines is 1. The van der Waals surface area contributed by atoms with Gasteiger partial charge in [0.1, 0.15) is 34.3 Å². The highest BCUT2D eigenvalue weighted by atomic mass is 32.2. The highest BCUT2D eigenvalue weighted by molar-refractivity contribution is 7.93. The molecule has 2 atom stereocenters. The van der Waals surface area contributed by atoms with Gasteiger partial charge in [-0.1, -0.05) is 6.07 Å². The Hall–Kier alpha value is -4.51. The summed E-state index contributed by atoms with van der Waals surface area (Å²) in [5.74, 6) is 1.02. The van der Waals surface area contributed by atoms with E-state index in [-0.39, 0.29) is 23.0 Å². The first-order valence-corrected chi connectivity index (χ1v) is 12.7. The Labute approximate surface area is 218 Å². The zero-order valence-corrected chi connectivity index (χ0v) is 21.9. The zero-order valence-electron chi connectivity index (χ0n) is 21.1. The van der Waals surface area contributed by atoms with Crippen molar-refractivity contribution in [3.63, 3.8) is 0 Å². The van der Waals surface area contributed by atoms with Gasteiger partial charge in [-0.2, -0.15) is 5.26 Å². The zero-order chi connectivity index (χ0) is 27.7. The van der Waals surface area contributed by atoms with Gasteiger partial charge in [-0.15, -0.1) is 10.2 Å². The first kappa shape index (κ1) is 26.6. The predicted molar refractivity (Wildman–Crippen MR) is 134 cm³/mol. The number of furan rings is 1. The smallest absolute Gasteiger partial charge is 0.243 e. The lowest BCUT2D eigenvalue weighted by Crippen LogP contribution is -2.41. The molecule has 4 rings (SSSR count). The van der Waals surface area contributed by atoms with Gasteiger partial charge in [-0.25, -0.2) is 22.8 Å². The van der Waals surface area contributed by atoms with Crippen molar-refractivity contribution < 1.29 is 26.7 Å². The van der Waals surface area contributed by atoms with Crippen LogP contribution in [-0.2, 0) is 15.7 Å². The highest BCUT2D eigenvalue weighted by Crippen LogP contribution is 2.39. The topological polar surface area (TPSA) is 158 Å². The number of methoxy groups -OCH3 is 2. The molecule has 3 aromatic heterocycles. The SMILES string of the molecule is COc1cccc(OC)c1-n1c(NS(=O)(=O)C(C)C(C)(F)c2ncc(C#N)cn2)nnc1-c1ccc(C)o1. The number of nitrogens with zero attached hydrogens (tertiary/aromatic N) is 6. The number of benzene rings is 1. The van der Waals surface area contributed by atoms with Crippen molar-refractivity contribution >= 4 is 16.0 Å². The minimum atomic E-state index is -4.47. The predicted octanol–water partition coefficient (Wildman–Crippen LogP) is 3.53. The summed E-state index contributed by atoms with van der Waals surface area (Å²) in [5, 5.41) is 15.4. The Morgan fingerprint density at radius 2 is 1.76 bits per heavy atom. The molecule has 4 aromatic rings. The Kier molecular flexibility index (Phi) is 7.05. The van der Waals surface area contributed by atoms with Crippen molar-refractivity contribution in [2.75, 3.05) is 18.9 Å². The monoisotopic (exact) mass is 541 g/mol. The molecule has 0 amide bonds. The maximum atomic E-state index is 15.9. The summed E-state index contributed by atoms with van der Waals surface area (Å²) in [7, 11) is -1.59. The summed E-state index contributed by atoms with van der Waals surface area (Å²) in [5.41, 5.74) is -2.14. The Morgan fingerprint density at radius 1 is 1.13 bits per heavy atom. The third-order valence-corrected chi connectivity index (χ3v) is 7.77. The molecule has 0 saturated heterocycles. The summed E-state index contributed by atoms with van der Waals surface area (Å²) in [6.45, 7) is 3.96. The highest BCUT2D eigenvalue weighted by Gasteiger charge is 2.45. The third kappa shape index (κ3) is 4.75. The molecule has 198 valence electrons.